The topological polar surface area (TPSA) is 52.0 Å². The molecule has 0 atom stereocenters. The summed E-state index contributed by atoms with van der Waals surface area (Å²) in [6, 6.07) is 3.35. The monoisotopic (exact) mass is 202 g/mol. The molecule has 0 aliphatic heterocycles. The highest BCUT2D eigenvalue weighted by molar-refractivity contribution is 6.39. The van der Waals surface area contributed by atoms with Gasteiger partial charge in [0.05, 0.1) is 10.0 Å². The molecular formula is C7H4Cl2N2O. The Bertz CT molecular complexity index is 399. The number of anilines is 1. The summed E-state index contributed by atoms with van der Waals surface area (Å²) in [5.74, 6) is 0. The van der Waals surface area contributed by atoms with E-state index in [2.05, 4.69) is 4.98 Å². The summed E-state index contributed by atoms with van der Waals surface area (Å²) in [5, 5.41) is 0.938. The number of fused-ring (bicyclic) bond motifs is 1. The normalized spacial score (nSPS) is 10.8. The fraction of sp³-hybridized carbons (Fsp3) is 0. The summed E-state index contributed by atoms with van der Waals surface area (Å²) in [6.45, 7) is 0. The Hall–Kier alpha value is -0.930. The molecule has 2 aromatic rings. The molecule has 0 amide bonds. The zero-order chi connectivity index (χ0) is 8.72. The van der Waals surface area contributed by atoms with Gasteiger partial charge >= 0.3 is 0 Å². The predicted molar refractivity (Wildman–Crippen MR) is 48.4 cm³/mol. The molecule has 0 radical (unpaired) electrons. The number of nitrogens with zero attached hydrogens (tertiary/aromatic N) is 1. The zero-order valence-corrected chi connectivity index (χ0v) is 7.36. The molecule has 62 valence electrons. The zero-order valence-electron chi connectivity index (χ0n) is 5.84. The Morgan fingerprint density at radius 2 is 1.92 bits per heavy atom. The lowest BCUT2D eigenvalue weighted by atomic mass is 10.3. The van der Waals surface area contributed by atoms with Crippen LogP contribution in [0.3, 0.4) is 0 Å². The van der Waals surface area contributed by atoms with Crippen LogP contribution in [0.5, 0.6) is 0 Å². The van der Waals surface area contributed by atoms with Crippen molar-refractivity contribution in [2.24, 2.45) is 0 Å². The maximum absolute atomic E-state index is 5.81. The Morgan fingerprint density at radius 1 is 1.25 bits per heavy atom. The number of benzene rings is 1. The van der Waals surface area contributed by atoms with Gasteiger partial charge in [-0.05, 0) is 12.1 Å². The van der Waals surface area contributed by atoms with E-state index in [-0.39, 0.29) is 6.01 Å². The van der Waals surface area contributed by atoms with E-state index >= 15 is 0 Å². The fourth-order valence-electron chi connectivity index (χ4n) is 0.961. The first-order chi connectivity index (χ1) is 5.68. The van der Waals surface area contributed by atoms with Crippen molar-refractivity contribution in [3.05, 3.63) is 22.2 Å². The SMILES string of the molecule is Nc1nc2c(Cl)ccc(Cl)c2o1. The maximum Gasteiger partial charge on any atom is 0.293 e. The third kappa shape index (κ3) is 1.02. The highest BCUT2D eigenvalue weighted by Gasteiger charge is 2.09. The minimum absolute atomic E-state index is 0.0694. The van der Waals surface area contributed by atoms with Crippen molar-refractivity contribution in [2.75, 3.05) is 5.73 Å². The molecule has 2 N–H and O–H groups in total. The van der Waals surface area contributed by atoms with Crippen LogP contribution in [0.2, 0.25) is 10.0 Å². The summed E-state index contributed by atoms with van der Waals surface area (Å²) < 4.78 is 5.03. The first-order valence-corrected chi connectivity index (χ1v) is 3.94. The predicted octanol–water partition coefficient (Wildman–Crippen LogP) is 2.72. The molecule has 1 heterocycles. The number of hydrogen-bond acceptors (Lipinski definition) is 3. The molecule has 1 aromatic carbocycles. The van der Waals surface area contributed by atoms with Crippen LogP contribution in [-0.4, -0.2) is 4.98 Å². The second kappa shape index (κ2) is 2.54. The molecule has 0 aliphatic carbocycles. The van der Waals surface area contributed by atoms with E-state index in [0.717, 1.165) is 0 Å². The van der Waals surface area contributed by atoms with E-state index in [1.54, 1.807) is 12.1 Å². The molecule has 0 saturated heterocycles. The lowest BCUT2D eigenvalue weighted by Gasteiger charge is -1.91. The van der Waals surface area contributed by atoms with Gasteiger partial charge in [0.2, 0.25) is 0 Å². The van der Waals surface area contributed by atoms with Crippen molar-refractivity contribution in [1.82, 2.24) is 4.98 Å². The van der Waals surface area contributed by atoms with Gasteiger partial charge < -0.3 is 10.2 Å². The van der Waals surface area contributed by atoms with Crippen molar-refractivity contribution in [3.8, 4) is 0 Å². The van der Waals surface area contributed by atoms with E-state index in [1.807, 2.05) is 0 Å². The fourth-order valence-corrected chi connectivity index (χ4v) is 1.34. The van der Waals surface area contributed by atoms with Gasteiger partial charge in [-0.25, -0.2) is 0 Å². The Balaban J connectivity index is 2.93. The smallest absolute Gasteiger partial charge is 0.293 e. The quantitative estimate of drug-likeness (QED) is 0.715. The lowest BCUT2D eigenvalue weighted by molar-refractivity contribution is 0.626. The molecule has 1 aromatic heterocycles. The molecule has 2 rings (SSSR count). The average molecular weight is 203 g/mol. The van der Waals surface area contributed by atoms with Crippen LogP contribution in [0.15, 0.2) is 16.5 Å². The van der Waals surface area contributed by atoms with Crippen LogP contribution in [0.1, 0.15) is 0 Å². The summed E-state index contributed by atoms with van der Waals surface area (Å²) >= 11 is 11.6. The number of nitrogens with two attached hydrogens (primary N) is 1. The van der Waals surface area contributed by atoms with Gasteiger partial charge in [0.1, 0.15) is 5.52 Å². The Labute approximate surface area is 78.1 Å². The number of oxazole rings is 1. The largest absolute Gasteiger partial charge is 0.422 e. The van der Waals surface area contributed by atoms with Gasteiger partial charge in [-0.2, -0.15) is 4.98 Å². The molecule has 5 heteroatoms. The van der Waals surface area contributed by atoms with Crippen molar-refractivity contribution in [2.45, 2.75) is 0 Å². The van der Waals surface area contributed by atoms with Crippen LogP contribution >= 0.6 is 23.2 Å². The molecule has 12 heavy (non-hydrogen) atoms. The van der Waals surface area contributed by atoms with Gasteiger partial charge in [0.15, 0.2) is 5.58 Å². The summed E-state index contributed by atoms with van der Waals surface area (Å²) in [6.07, 6.45) is 0. The van der Waals surface area contributed by atoms with Crippen LogP contribution < -0.4 is 5.73 Å². The molecular weight excluding hydrogens is 199 g/mol. The summed E-state index contributed by atoms with van der Waals surface area (Å²) in [4.78, 5) is 3.87. The standard InChI is InChI=1S/C7H4Cl2N2O/c8-3-1-2-4(9)6-5(3)11-7(10)12-6/h1-2H,(H2,10,11). The third-order valence-corrected chi connectivity index (χ3v) is 2.07. The van der Waals surface area contributed by atoms with Gasteiger partial charge in [0, 0.05) is 0 Å². The van der Waals surface area contributed by atoms with Crippen LogP contribution in [-0.2, 0) is 0 Å². The molecule has 0 saturated carbocycles. The first-order valence-electron chi connectivity index (χ1n) is 3.18. The second-order valence-corrected chi connectivity index (χ2v) is 3.07. The highest BCUT2D eigenvalue weighted by Crippen LogP contribution is 2.30. The van der Waals surface area contributed by atoms with Gasteiger partial charge in [0.25, 0.3) is 6.01 Å². The molecule has 0 fully saturated rings. The molecule has 0 unspecified atom stereocenters. The van der Waals surface area contributed by atoms with Crippen molar-refractivity contribution < 1.29 is 4.42 Å². The second-order valence-electron chi connectivity index (χ2n) is 2.26. The van der Waals surface area contributed by atoms with E-state index in [0.29, 0.717) is 21.1 Å². The van der Waals surface area contributed by atoms with Gasteiger partial charge in [-0.3, -0.25) is 0 Å². The van der Waals surface area contributed by atoms with Crippen molar-refractivity contribution >= 4 is 40.3 Å². The molecule has 0 aliphatic rings. The summed E-state index contributed by atoms with van der Waals surface area (Å²) in [5.41, 5.74) is 6.27. The Morgan fingerprint density at radius 3 is 2.58 bits per heavy atom. The maximum atomic E-state index is 5.81. The van der Waals surface area contributed by atoms with Crippen LogP contribution in [0.4, 0.5) is 6.01 Å². The first kappa shape index (κ1) is 7.71. The average Bonchev–Trinajstić information content (AvgIpc) is 2.41. The number of halogens is 2. The molecule has 0 bridgehead atoms. The summed E-state index contributed by atoms with van der Waals surface area (Å²) in [7, 11) is 0. The van der Waals surface area contributed by atoms with Gasteiger partial charge in [-0.15, -0.1) is 0 Å². The van der Waals surface area contributed by atoms with Crippen molar-refractivity contribution in [1.29, 1.82) is 0 Å². The van der Waals surface area contributed by atoms with Crippen LogP contribution in [0.25, 0.3) is 11.1 Å². The van der Waals surface area contributed by atoms with E-state index < -0.39 is 0 Å². The number of aromatic nitrogens is 1. The molecule has 3 nitrogen and oxygen atoms in total. The van der Waals surface area contributed by atoms with Crippen LogP contribution in [0, 0.1) is 0 Å². The number of hydrogen-bond donors (Lipinski definition) is 1. The Kier molecular flexibility index (Phi) is 1.63. The highest BCUT2D eigenvalue weighted by atomic mass is 35.5. The van der Waals surface area contributed by atoms with E-state index in [1.165, 1.54) is 0 Å². The lowest BCUT2D eigenvalue weighted by Crippen LogP contribution is -1.80. The third-order valence-electron chi connectivity index (χ3n) is 1.46. The minimum atomic E-state index is 0.0694. The molecule has 0 spiro atoms. The van der Waals surface area contributed by atoms with E-state index in [4.69, 9.17) is 33.4 Å². The number of nitrogen functional groups attached to an aromatic ring is 1. The van der Waals surface area contributed by atoms with Crippen molar-refractivity contribution in [3.63, 3.8) is 0 Å². The van der Waals surface area contributed by atoms with Gasteiger partial charge in [-0.1, -0.05) is 23.2 Å². The number of rotatable bonds is 0. The van der Waals surface area contributed by atoms with E-state index in [9.17, 15) is 0 Å². The minimum Gasteiger partial charge on any atom is -0.422 e.